The van der Waals surface area contributed by atoms with Crippen LogP contribution in [0.25, 0.3) is 10.4 Å². The van der Waals surface area contributed by atoms with Crippen molar-refractivity contribution in [3.8, 4) is 16.2 Å². The number of ether oxygens (including phenoxy) is 1. The van der Waals surface area contributed by atoms with Crippen LogP contribution in [0, 0.1) is 12.3 Å². The van der Waals surface area contributed by atoms with Gasteiger partial charge in [-0.2, -0.15) is 0 Å². The van der Waals surface area contributed by atoms with Crippen molar-refractivity contribution in [2.24, 2.45) is 5.41 Å². The van der Waals surface area contributed by atoms with Gasteiger partial charge >= 0.3 is 0 Å². The first-order chi connectivity index (χ1) is 10.5. The Bertz CT molecular complexity index is 675. The maximum absolute atomic E-state index is 9.73. The lowest BCUT2D eigenvalue weighted by Crippen LogP contribution is -2.21. The average Bonchev–Trinajstić information content (AvgIpc) is 2.81. The van der Waals surface area contributed by atoms with Gasteiger partial charge in [0.1, 0.15) is 5.75 Å². The fourth-order valence-electron chi connectivity index (χ4n) is 3.43. The van der Waals surface area contributed by atoms with Gasteiger partial charge in [-0.15, -0.1) is 11.3 Å². The number of aliphatic hydroxyl groups is 1. The Labute approximate surface area is 136 Å². The molecule has 0 atom stereocenters. The Morgan fingerprint density at radius 2 is 2.09 bits per heavy atom. The number of aryl methyl sites for hydroxylation is 1. The molecule has 0 fully saturated rings. The molecule has 0 aliphatic heterocycles. The second kappa shape index (κ2) is 5.71. The van der Waals surface area contributed by atoms with Crippen LogP contribution in [0.1, 0.15) is 41.8 Å². The van der Waals surface area contributed by atoms with E-state index in [2.05, 4.69) is 20.8 Å². The van der Waals surface area contributed by atoms with Crippen molar-refractivity contribution in [3.63, 3.8) is 0 Å². The summed E-state index contributed by atoms with van der Waals surface area (Å²) in [6, 6.07) is 5.91. The van der Waals surface area contributed by atoms with Gasteiger partial charge in [0.05, 0.1) is 13.7 Å². The van der Waals surface area contributed by atoms with Crippen molar-refractivity contribution in [1.29, 1.82) is 0 Å². The fourth-order valence-corrected chi connectivity index (χ4v) is 4.84. The third-order valence-electron chi connectivity index (χ3n) is 4.77. The summed E-state index contributed by atoms with van der Waals surface area (Å²) < 4.78 is 5.57. The summed E-state index contributed by atoms with van der Waals surface area (Å²) >= 11 is 1.88. The van der Waals surface area contributed by atoms with Crippen LogP contribution < -0.4 is 4.74 Å². The summed E-state index contributed by atoms with van der Waals surface area (Å²) in [6.45, 7) is 6.98. The maximum Gasteiger partial charge on any atom is 0.127 e. The Kier molecular flexibility index (Phi) is 4.04. The molecule has 22 heavy (non-hydrogen) atoms. The summed E-state index contributed by atoms with van der Waals surface area (Å²) in [5, 5.41) is 9.73. The quantitative estimate of drug-likeness (QED) is 0.886. The van der Waals surface area contributed by atoms with Crippen LogP contribution in [0.3, 0.4) is 0 Å². The third-order valence-corrected chi connectivity index (χ3v) is 6.18. The molecule has 0 bridgehead atoms. The number of hydrogen-bond acceptors (Lipinski definition) is 3. The minimum Gasteiger partial charge on any atom is -0.496 e. The van der Waals surface area contributed by atoms with Gasteiger partial charge < -0.3 is 9.84 Å². The van der Waals surface area contributed by atoms with Gasteiger partial charge in [-0.1, -0.05) is 26.0 Å². The highest BCUT2D eigenvalue weighted by Gasteiger charge is 2.30. The van der Waals surface area contributed by atoms with E-state index in [0.29, 0.717) is 5.41 Å². The summed E-state index contributed by atoms with van der Waals surface area (Å²) in [5.74, 6) is 0.854. The first-order valence-electron chi connectivity index (χ1n) is 7.85. The van der Waals surface area contributed by atoms with Crippen LogP contribution >= 0.6 is 11.3 Å². The first-order valence-corrected chi connectivity index (χ1v) is 8.67. The molecule has 2 aromatic rings. The van der Waals surface area contributed by atoms with Crippen LogP contribution in [-0.4, -0.2) is 12.2 Å². The second-order valence-corrected chi connectivity index (χ2v) is 8.06. The molecule has 1 heterocycles. The number of aliphatic hydroxyl groups excluding tert-OH is 1. The molecule has 3 rings (SSSR count). The summed E-state index contributed by atoms with van der Waals surface area (Å²) in [6.07, 6.45) is 3.56. The Morgan fingerprint density at radius 1 is 1.32 bits per heavy atom. The van der Waals surface area contributed by atoms with Gasteiger partial charge in [-0.3, -0.25) is 0 Å². The van der Waals surface area contributed by atoms with Crippen LogP contribution in [0.4, 0.5) is 0 Å². The molecular formula is C19H24O2S. The Hall–Kier alpha value is -1.32. The molecule has 0 radical (unpaired) electrons. The van der Waals surface area contributed by atoms with Crippen LogP contribution in [0.5, 0.6) is 5.75 Å². The number of fused-ring (bicyclic) bond motifs is 1. The lowest BCUT2D eigenvalue weighted by Gasteiger charge is -2.29. The molecule has 1 aliphatic rings. The summed E-state index contributed by atoms with van der Waals surface area (Å²) in [4.78, 5) is 2.78. The molecule has 0 saturated carbocycles. The van der Waals surface area contributed by atoms with Crippen molar-refractivity contribution >= 4 is 11.3 Å². The smallest absolute Gasteiger partial charge is 0.127 e. The SMILES string of the molecule is COc1cccc(CO)c1-c1sc2c(c1C)CC(C)(C)CC2. The van der Waals surface area contributed by atoms with E-state index in [0.717, 1.165) is 29.7 Å². The Balaban J connectivity index is 2.17. The van der Waals surface area contributed by atoms with E-state index in [1.807, 2.05) is 29.5 Å². The minimum absolute atomic E-state index is 0.0417. The van der Waals surface area contributed by atoms with E-state index in [4.69, 9.17) is 4.74 Å². The molecule has 1 aromatic carbocycles. The van der Waals surface area contributed by atoms with Crippen molar-refractivity contribution < 1.29 is 9.84 Å². The van der Waals surface area contributed by atoms with Crippen LogP contribution in [0.15, 0.2) is 18.2 Å². The zero-order valence-electron chi connectivity index (χ0n) is 13.8. The molecule has 1 aromatic heterocycles. The van der Waals surface area contributed by atoms with Crippen molar-refractivity contribution in [2.75, 3.05) is 7.11 Å². The molecule has 118 valence electrons. The number of methoxy groups -OCH3 is 1. The molecule has 1 N–H and O–H groups in total. The number of rotatable bonds is 3. The molecule has 0 spiro atoms. The monoisotopic (exact) mass is 316 g/mol. The molecule has 2 nitrogen and oxygen atoms in total. The van der Waals surface area contributed by atoms with Gasteiger partial charge in [0, 0.05) is 15.3 Å². The molecule has 1 aliphatic carbocycles. The highest BCUT2D eigenvalue weighted by atomic mass is 32.1. The first kappa shape index (κ1) is 15.6. The van der Waals surface area contributed by atoms with Gasteiger partial charge in [0.2, 0.25) is 0 Å². The highest BCUT2D eigenvalue weighted by Crippen LogP contribution is 2.47. The second-order valence-electron chi connectivity index (χ2n) is 6.95. The minimum atomic E-state index is 0.0417. The van der Waals surface area contributed by atoms with Gasteiger partial charge in [-0.25, -0.2) is 0 Å². The number of thiophene rings is 1. The topological polar surface area (TPSA) is 29.5 Å². The fraction of sp³-hybridized carbons (Fsp3) is 0.474. The van der Waals surface area contributed by atoms with Gasteiger partial charge in [0.25, 0.3) is 0 Å². The zero-order chi connectivity index (χ0) is 15.9. The van der Waals surface area contributed by atoms with Crippen molar-refractivity contribution in [2.45, 2.75) is 46.6 Å². The Morgan fingerprint density at radius 3 is 2.77 bits per heavy atom. The van der Waals surface area contributed by atoms with Crippen molar-refractivity contribution in [1.82, 2.24) is 0 Å². The lowest BCUT2D eigenvalue weighted by molar-refractivity contribution is 0.281. The predicted molar refractivity (Wildman–Crippen MR) is 92.8 cm³/mol. The summed E-state index contributed by atoms with van der Waals surface area (Å²) in [7, 11) is 1.70. The van der Waals surface area contributed by atoms with Crippen LogP contribution in [0.2, 0.25) is 0 Å². The lowest BCUT2D eigenvalue weighted by atomic mass is 9.76. The normalized spacial score (nSPS) is 16.4. The van der Waals surface area contributed by atoms with Crippen LogP contribution in [-0.2, 0) is 19.4 Å². The van der Waals surface area contributed by atoms with E-state index >= 15 is 0 Å². The maximum atomic E-state index is 9.73. The highest BCUT2D eigenvalue weighted by molar-refractivity contribution is 7.16. The summed E-state index contributed by atoms with van der Waals surface area (Å²) in [5.41, 5.74) is 5.29. The van der Waals surface area contributed by atoms with E-state index in [-0.39, 0.29) is 6.61 Å². The molecule has 0 amide bonds. The average molecular weight is 316 g/mol. The molecular weight excluding hydrogens is 292 g/mol. The number of hydrogen-bond donors (Lipinski definition) is 1. The van der Waals surface area contributed by atoms with E-state index in [9.17, 15) is 5.11 Å². The largest absolute Gasteiger partial charge is 0.496 e. The van der Waals surface area contributed by atoms with E-state index < -0.39 is 0 Å². The van der Waals surface area contributed by atoms with Crippen molar-refractivity contribution in [3.05, 3.63) is 39.8 Å². The zero-order valence-corrected chi connectivity index (χ0v) is 14.6. The third kappa shape index (κ3) is 2.57. The molecule has 0 unspecified atom stereocenters. The molecule has 0 saturated heterocycles. The predicted octanol–water partition coefficient (Wildman–Crippen LogP) is 4.74. The van der Waals surface area contributed by atoms with Gasteiger partial charge in [-0.05, 0) is 54.4 Å². The standard InChI is InChI=1S/C19H24O2S/c1-12-14-10-19(2,3)9-8-16(14)22-18(12)17-13(11-20)6-5-7-15(17)21-4/h5-7,20H,8-11H2,1-4H3. The van der Waals surface area contributed by atoms with E-state index in [1.54, 1.807) is 7.11 Å². The van der Waals surface area contributed by atoms with E-state index in [1.165, 1.54) is 27.3 Å². The molecule has 3 heteroatoms. The number of benzene rings is 1. The van der Waals surface area contributed by atoms with Gasteiger partial charge in [0.15, 0.2) is 0 Å².